The third-order valence-electron chi connectivity index (χ3n) is 6.20. The van der Waals surface area contributed by atoms with Crippen LogP contribution in [0.15, 0.2) is 48.5 Å². The lowest BCUT2D eigenvalue weighted by molar-refractivity contribution is -0.898. The predicted octanol–water partition coefficient (Wildman–Crippen LogP) is 2.74. The average molecular weight is 421 g/mol. The molecule has 1 aliphatic heterocycles. The number of methoxy groups -OCH3 is 1. The fourth-order valence-electron chi connectivity index (χ4n) is 4.52. The summed E-state index contributed by atoms with van der Waals surface area (Å²) in [7, 11) is 1.34. The number of hydrogen-bond donors (Lipinski definition) is 3. The van der Waals surface area contributed by atoms with Gasteiger partial charge in [0.25, 0.3) is 5.91 Å². The molecule has 6 nitrogen and oxygen atoms in total. The van der Waals surface area contributed by atoms with Gasteiger partial charge in [-0.3, -0.25) is 4.79 Å². The minimum atomic E-state index is -0.488. The third kappa shape index (κ3) is 4.97. The van der Waals surface area contributed by atoms with E-state index in [1.165, 1.54) is 17.6 Å². The van der Waals surface area contributed by atoms with E-state index in [9.17, 15) is 9.59 Å². The number of carbonyl (C=O) groups is 2. The number of anilines is 1. The molecule has 0 spiro atoms. The zero-order valence-corrected chi connectivity index (χ0v) is 18.2. The van der Waals surface area contributed by atoms with E-state index in [1.54, 1.807) is 0 Å². The number of benzene rings is 2. The highest BCUT2D eigenvalue weighted by Crippen LogP contribution is 2.29. The summed E-state index contributed by atoms with van der Waals surface area (Å²) in [6.07, 6.45) is 3.35. The quantitative estimate of drug-likeness (QED) is 0.537. The van der Waals surface area contributed by atoms with E-state index in [4.69, 9.17) is 4.74 Å². The molecule has 0 bridgehead atoms. The van der Waals surface area contributed by atoms with Crippen molar-refractivity contribution in [2.75, 3.05) is 32.1 Å². The van der Waals surface area contributed by atoms with E-state index >= 15 is 0 Å². The van der Waals surface area contributed by atoms with Gasteiger partial charge in [-0.1, -0.05) is 42.0 Å². The number of H-pyrrole nitrogens is 1. The zero-order valence-electron chi connectivity index (χ0n) is 18.2. The average Bonchev–Trinajstić information content (AvgIpc) is 3.12. The van der Waals surface area contributed by atoms with Gasteiger partial charge in [0.05, 0.1) is 25.9 Å². The van der Waals surface area contributed by atoms with Crippen molar-refractivity contribution >= 4 is 28.5 Å². The van der Waals surface area contributed by atoms with Crippen molar-refractivity contribution in [2.24, 2.45) is 5.92 Å². The first-order valence-corrected chi connectivity index (χ1v) is 10.9. The first-order chi connectivity index (χ1) is 15.0. The molecule has 1 amide bonds. The molecule has 162 valence electrons. The number of quaternary nitrogens is 1. The highest BCUT2D eigenvalue weighted by molar-refractivity contribution is 6.11. The number of fused-ring (bicyclic) bond motifs is 1. The smallest absolute Gasteiger partial charge is 0.356 e. The SMILES string of the molecule is COC(=O)c1[nH]c2ccc(C)cc2c1NC(=O)C[NH+]1CCC(Cc2ccccc2)CC1. The summed E-state index contributed by atoms with van der Waals surface area (Å²) >= 11 is 0. The minimum Gasteiger partial charge on any atom is -0.464 e. The van der Waals surface area contributed by atoms with Gasteiger partial charge in [-0.15, -0.1) is 0 Å². The number of aryl methyl sites for hydroxylation is 1. The van der Waals surface area contributed by atoms with Crippen molar-refractivity contribution in [1.29, 1.82) is 0 Å². The fraction of sp³-hybridized carbons (Fsp3) is 0.360. The molecule has 31 heavy (non-hydrogen) atoms. The van der Waals surface area contributed by atoms with Crippen LogP contribution in [0.5, 0.6) is 0 Å². The van der Waals surface area contributed by atoms with Crippen molar-refractivity contribution in [3.8, 4) is 0 Å². The molecular formula is C25H30N3O3+. The first kappa shape index (κ1) is 21.1. The number of hydrogen-bond acceptors (Lipinski definition) is 3. The molecular weight excluding hydrogens is 390 g/mol. The Morgan fingerprint density at radius 3 is 2.58 bits per heavy atom. The second-order valence-corrected chi connectivity index (χ2v) is 8.52. The molecule has 0 saturated carbocycles. The molecule has 6 heteroatoms. The topological polar surface area (TPSA) is 75.6 Å². The Morgan fingerprint density at radius 2 is 1.87 bits per heavy atom. The van der Waals surface area contributed by atoms with Crippen LogP contribution in [0.3, 0.4) is 0 Å². The monoisotopic (exact) mass is 420 g/mol. The number of carbonyl (C=O) groups excluding carboxylic acids is 2. The lowest BCUT2D eigenvalue weighted by Gasteiger charge is -2.29. The minimum absolute atomic E-state index is 0.0796. The summed E-state index contributed by atoms with van der Waals surface area (Å²) in [5.41, 5.74) is 4.04. The van der Waals surface area contributed by atoms with Crippen LogP contribution >= 0.6 is 0 Å². The summed E-state index contributed by atoms with van der Waals surface area (Å²) < 4.78 is 4.90. The van der Waals surface area contributed by atoms with Gasteiger partial charge in [0.2, 0.25) is 0 Å². The maximum atomic E-state index is 12.8. The largest absolute Gasteiger partial charge is 0.464 e. The molecule has 0 radical (unpaired) electrons. The first-order valence-electron chi connectivity index (χ1n) is 10.9. The molecule has 3 aromatic rings. The van der Waals surface area contributed by atoms with Gasteiger partial charge in [0.1, 0.15) is 5.69 Å². The van der Waals surface area contributed by atoms with Crippen molar-refractivity contribution in [3.63, 3.8) is 0 Å². The summed E-state index contributed by atoms with van der Waals surface area (Å²) in [6.45, 7) is 4.36. The number of rotatable bonds is 6. The van der Waals surface area contributed by atoms with Gasteiger partial charge in [-0.05, 0) is 49.8 Å². The summed E-state index contributed by atoms with van der Waals surface area (Å²) in [4.78, 5) is 29.5. The molecule has 1 saturated heterocycles. The van der Waals surface area contributed by atoms with E-state index in [0.29, 0.717) is 18.2 Å². The van der Waals surface area contributed by atoms with E-state index < -0.39 is 5.97 Å². The number of likely N-dealkylation sites (tertiary alicyclic amines) is 1. The second kappa shape index (κ2) is 9.35. The highest BCUT2D eigenvalue weighted by Gasteiger charge is 2.26. The highest BCUT2D eigenvalue weighted by atomic mass is 16.5. The van der Waals surface area contributed by atoms with Crippen molar-refractivity contribution in [3.05, 3.63) is 65.4 Å². The Morgan fingerprint density at radius 1 is 1.13 bits per heavy atom. The molecule has 4 rings (SSSR count). The number of ether oxygens (including phenoxy) is 1. The van der Waals surface area contributed by atoms with Crippen LogP contribution < -0.4 is 10.2 Å². The fourth-order valence-corrected chi connectivity index (χ4v) is 4.52. The maximum absolute atomic E-state index is 12.8. The number of aromatic nitrogens is 1. The van der Waals surface area contributed by atoms with E-state index in [2.05, 4.69) is 40.6 Å². The Balaban J connectivity index is 1.39. The van der Waals surface area contributed by atoms with Crippen LogP contribution in [0.4, 0.5) is 5.69 Å². The summed E-state index contributed by atoms with van der Waals surface area (Å²) in [5, 5.41) is 3.81. The van der Waals surface area contributed by atoms with E-state index in [-0.39, 0.29) is 11.6 Å². The molecule has 2 heterocycles. The summed E-state index contributed by atoms with van der Waals surface area (Å²) in [6, 6.07) is 16.5. The number of nitrogens with one attached hydrogen (secondary N) is 3. The van der Waals surface area contributed by atoms with E-state index in [1.807, 2.05) is 25.1 Å². The molecule has 0 atom stereocenters. The number of esters is 1. The molecule has 1 aromatic heterocycles. The Bertz CT molecular complexity index is 1070. The van der Waals surface area contributed by atoms with Gasteiger partial charge in [-0.25, -0.2) is 4.79 Å². The van der Waals surface area contributed by atoms with Crippen LogP contribution in [0.25, 0.3) is 10.9 Å². The zero-order chi connectivity index (χ0) is 21.8. The molecule has 0 unspecified atom stereocenters. The molecule has 2 aromatic carbocycles. The Hall–Kier alpha value is -3.12. The Kier molecular flexibility index (Phi) is 6.37. The van der Waals surface area contributed by atoms with Gasteiger partial charge >= 0.3 is 5.97 Å². The van der Waals surface area contributed by atoms with E-state index in [0.717, 1.165) is 48.8 Å². The van der Waals surface area contributed by atoms with Gasteiger partial charge in [0, 0.05) is 10.9 Å². The predicted molar refractivity (Wildman–Crippen MR) is 121 cm³/mol. The number of piperidine rings is 1. The summed E-state index contributed by atoms with van der Waals surface area (Å²) in [5.74, 6) is 0.110. The van der Waals surface area contributed by atoms with Crippen LogP contribution in [0.2, 0.25) is 0 Å². The lowest BCUT2D eigenvalue weighted by atomic mass is 9.90. The Labute approximate surface area is 182 Å². The number of aromatic amines is 1. The third-order valence-corrected chi connectivity index (χ3v) is 6.20. The van der Waals surface area contributed by atoms with Crippen LogP contribution in [0.1, 0.15) is 34.5 Å². The number of amides is 1. The molecule has 1 fully saturated rings. The normalized spacial score (nSPS) is 18.6. The van der Waals surface area contributed by atoms with Gasteiger partial charge in [0.15, 0.2) is 6.54 Å². The molecule has 0 aliphatic carbocycles. The van der Waals surface area contributed by atoms with Gasteiger partial charge in [-0.2, -0.15) is 0 Å². The maximum Gasteiger partial charge on any atom is 0.356 e. The van der Waals surface area contributed by atoms with Crippen LogP contribution in [-0.4, -0.2) is 43.6 Å². The second-order valence-electron chi connectivity index (χ2n) is 8.52. The molecule has 1 aliphatic rings. The molecule has 3 N–H and O–H groups in total. The lowest BCUT2D eigenvalue weighted by Crippen LogP contribution is -3.14. The van der Waals surface area contributed by atoms with Gasteiger partial charge < -0.3 is 19.9 Å². The van der Waals surface area contributed by atoms with Crippen LogP contribution in [0, 0.1) is 12.8 Å². The van der Waals surface area contributed by atoms with Crippen molar-refractivity contribution in [2.45, 2.75) is 26.2 Å². The standard InChI is InChI=1S/C25H29N3O3/c1-17-8-9-21-20(14-17)23(24(26-21)25(30)31-2)27-22(29)16-28-12-10-19(11-13-28)15-18-6-4-3-5-7-18/h3-9,14,19,26H,10-13,15-16H2,1-2H3,(H,27,29)/p+1. The van der Waals surface area contributed by atoms with Crippen molar-refractivity contribution in [1.82, 2.24) is 4.98 Å². The van der Waals surface area contributed by atoms with Crippen LogP contribution in [-0.2, 0) is 16.0 Å². The van der Waals surface area contributed by atoms with Crippen molar-refractivity contribution < 1.29 is 19.2 Å².